The number of nitrogens with zero attached hydrogens (tertiary/aromatic N) is 4. The van der Waals surface area contributed by atoms with Crippen molar-refractivity contribution < 1.29 is 4.79 Å². The van der Waals surface area contributed by atoms with E-state index in [1.54, 1.807) is 6.20 Å². The van der Waals surface area contributed by atoms with Gasteiger partial charge >= 0.3 is 5.69 Å². The van der Waals surface area contributed by atoms with Gasteiger partial charge in [-0.15, -0.1) is 0 Å². The number of primary amides is 1. The molecule has 0 unspecified atom stereocenters. The van der Waals surface area contributed by atoms with Gasteiger partial charge in [-0.3, -0.25) is 9.36 Å². The number of fused-ring (bicyclic) bond motifs is 5. The van der Waals surface area contributed by atoms with Crippen molar-refractivity contribution in [3.8, 4) is 0 Å². The predicted molar refractivity (Wildman–Crippen MR) is 135 cm³/mol. The molecule has 8 heteroatoms. The molecule has 0 bridgehead atoms. The van der Waals surface area contributed by atoms with Crippen LogP contribution in [0.3, 0.4) is 0 Å². The lowest BCUT2D eigenvalue weighted by Crippen LogP contribution is -2.45. The fourth-order valence-electron chi connectivity index (χ4n) is 6.17. The first-order valence-corrected chi connectivity index (χ1v) is 12.4. The number of hydrogen-bond acceptors (Lipinski definition) is 4. The Hall–Kier alpha value is -3.65. The van der Waals surface area contributed by atoms with Gasteiger partial charge in [0.25, 0.3) is 5.91 Å². The van der Waals surface area contributed by atoms with E-state index in [0.29, 0.717) is 12.2 Å². The van der Waals surface area contributed by atoms with Crippen LogP contribution in [0.15, 0.2) is 59.5 Å². The summed E-state index contributed by atoms with van der Waals surface area (Å²) in [4.78, 5) is 34.7. The van der Waals surface area contributed by atoms with E-state index in [2.05, 4.69) is 38.7 Å². The van der Waals surface area contributed by atoms with Crippen LogP contribution in [0.2, 0.25) is 0 Å². The third-order valence-corrected chi connectivity index (χ3v) is 7.92. The van der Waals surface area contributed by atoms with Crippen molar-refractivity contribution in [1.29, 1.82) is 0 Å². The van der Waals surface area contributed by atoms with Crippen LogP contribution in [0, 0.1) is 0 Å². The molecular formula is C27H30N6O2. The molecule has 35 heavy (non-hydrogen) atoms. The number of carbonyl (C=O) groups is 1. The second-order valence-corrected chi connectivity index (χ2v) is 9.77. The number of aromatic nitrogens is 4. The topological polar surface area (TPSA) is 102 Å². The fraction of sp³-hybridized carbons (Fsp3) is 0.370. The number of carbonyl (C=O) groups excluding carboxylic acids is 1. The van der Waals surface area contributed by atoms with E-state index in [9.17, 15) is 9.59 Å². The van der Waals surface area contributed by atoms with Crippen molar-refractivity contribution in [2.45, 2.75) is 44.2 Å². The number of aryl methyl sites for hydroxylation is 2. The Labute approximate surface area is 203 Å². The van der Waals surface area contributed by atoms with Gasteiger partial charge in [0.05, 0.1) is 22.6 Å². The highest BCUT2D eigenvalue weighted by Crippen LogP contribution is 2.44. The summed E-state index contributed by atoms with van der Waals surface area (Å²) in [6.45, 7) is 4.23. The molecule has 0 aliphatic carbocycles. The van der Waals surface area contributed by atoms with Crippen LogP contribution in [-0.2, 0) is 24.9 Å². The highest BCUT2D eigenvalue weighted by molar-refractivity contribution is 5.91. The molecule has 3 N–H and O–H groups in total. The van der Waals surface area contributed by atoms with Crippen molar-refractivity contribution in [2.24, 2.45) is 5.73 Å². The van der Waals surface area contributed by atoms with Crippen molar-refractivity contribution >= 4 is 16.9 Å². The summed E-state index contributed by atoms with van der Waals surface area (Å²) < 4.78 is 3.89. The molecule has 180 valence electrons. The number of benzene rings is 2. The lowest BCUT2D eigenvalue weighted by molar-refractivity contribution is 0.0990. The highest BCUT2D eigenvalue weighted by Gasteiger charge is 2.44. The Bertz CT molecular complexity index is 1450. The molecule has 1 fully saturated rings. The minimum Gasteiger partial charge on any atom is -0.364 e. The standard InChI is InChI=1S/C27H30N6O2/c28-24(34)23-18-29-25-27(20-7-2-1-6-19(20)10-15-32(23)25)11-16-31(17-12-27)13-5-14-33-22-9-4-3-8-21(22)30-26(33)35/h1-4,6-9,18H,5,10-17H2,(H2,28,34)(H,30,35). The molecule has 4 aromatic rings. The average molecular weight is 471 g/mol. The molecule has 1 amide bonds. The molecule has 2 aliphatic rings. The number of rotatable bonds is 5. The van der Waals surface area contributed by atoms with Crippen molar-refractivity contribution in [3.63, 3.8) is 0 Å². The summed E-state index contributed by atoms with van der Waals surface area (Å²) in [6, 6.07) is 16.5. The van der Waals surface area contributed by atoms with E-state index in [0.717, 1.165) is 68.7 Å². The monoisotopic (exact) mass is 470 g/mol. The number of aromatic amines is 1. The van der Waals surface area contributed by atoms with Crippen molar-refractivity contribution in [1.82, 2.24) is 24.0 Å². The number of hydrogen-bond donors (Lipinski definition) is 2. The Morgan fingerprint density at radius 1 is 1.03 bits per heavy atom. The first-order chi connectivity index (χ1) is 17.1. The summed E-state index contributed by atoms with van der Waals surface area (Å²) in [5.41, 5.74) is 10.4. The van der Waals surface area contributed by atoms with Crippen molar-refractivity contribution in [3.05, 3.63) is 87.9 Å². The predicted octanol–water partition coefficient (Wildman–Crippen LogP) is 2.65. The van der Waals surface area contributed by atoms with Gasteiger partial charge in [-0.25, -0.2) is 9.78 Å². The zero-order chi connectivity index (χ0) is 24.0. The molecule has 2 aromatic carbocycles. The maximum Gasteiger partial charge on any atom is 0.326 e. The maximum absolute atomic E-state index is 12.4. The second-order valence-electron chi connectivity index (χ2n) is 9.77. The first kappa shape index (κ1) is 21.9. The van der Waals surface area contributed by atoms with Crippen LogP contribution < -0.4 is 11.4 Å². The number of H-pyrrole nitrogens is 1. The van der Waals surface area contributed by atoms with Gasteiger partial charge in [-0.2, -0.15) is 0 Å². The fourth-order valence-corrected chi connectivity index (χ4v) is 6.17. The van der Waals surface area contributed by atoms with E-state index < -0.39 is 5.91 Å². The molecule has 1 spiro atoms. The third kappa shape index (κ3) is 3.60. The SMILES string of the molecule is NC(=O)c1cnc2n1CCc1ccccc1C21CCN(CCCn2c(=O)[nH]c3ccccc32)CC1. The van der Waals surface area contributed by atoms with E-state index in [-0.39, 0.29) is 11.1 Å². The van der Waals surface area contributed by atoms with Crippen LogP contribution in [0.1, 0.15) is 46.7 Å². The summed E-state index contributed by atoms with van der Waals surface area (Å²) in [7, 11) is 0. The van der Waals surface area contributed by atoms with Crippen LogP contribution in [0.25, 0.3) is 11.0 Å². The number of likely N-dealkylation sites (tertiary alicyclic amines) is 1. The number of nitrogens with two attached hydrogens (primary N) is 1. The van der Waals surface area contributed by atoms with Gasteiger partial charge in [0, 0.05) is 13.1 Å². The lowest BCUT2D eigenvalue weighted by atomic mass is 9.70. The summed E-state index contributed by atoms with van der Waals surface area (Å²) >= 11 is 0. The quantitative estimate of drug-likeness (QED) is 0.468. The van der Waals surface area contributed by atoms with Gasteiger partial charge in [-0.05, 0) is 68.6 Å². The second kappa shape index (κ2) is 8.53. The molecule has 0 saturated carbocycles. The zero-order valence-electron chi connectivity index (χ0n) is 19.7. The Morgan fingerprint density at radius 3 is 2.63 bits per heavy atom. The van der Waals surface area contributed by atoms with E-state index in [1.807, 2.05) is 28.8 Å². The van der Waals surface area contributed by atoms with Gasteiger partial charge in [-0.1, -0.05) is 36.4 Å². The summed E-state index contributed by atoms with van der Waals surface area (Å²) in [5.74, 6) is 0.552. The van der Waals surface area contributed by atoms with E-state index in [4.69, 9.17) is 10.7 Å². The van der Waals surface area contributed by atoms with Crippen molar-refractivity contribution in [2.75, 3.05) is 19.6 Å². The van der Waals surface area contributed by atoms with E-state index in [1.165, 1.54) is 11.1 Å². The Morgan fingerprint density at radius 2 is 1.80 bits per heavy atom. The normalized spacial score (nSPS) is 17.3. The minimum atomic E-state index is -0.421. The highest BCUT2D eigenvalue weighted by atomic mass is 16.1. The van der Waals surface area contributed by atoms with Crippen LogP contribution in [0.4, 0.5) is 0 Å². The average Bonchev–Trinajstić information content (AvgIpc) is 3.41. The van der Waals surface area contributed by atoms with Gasteiger partial charge in [0.15, 0.2) is 0 Å². The molecule has 2 aromatic heterocycles. The van der Waals surface area contributed by atoms with Crippen LogP contribution in [-0.4, -0.2) is 49.5 Å². The molecule has 8 nitrogen and oxygen atoms in total. The Balaban J connectivity index is 1.21. The smallest absolute Gasteiger partial charge is 0.326 e. The van der Waals surface area contributed by atoms with Gasteiger partial charge < -0.3 is 20.2 Å². The van der Waals surface area contributed by atoms with Crippen LogP contribution >= 0.6 is 0 Å². The molecular weight excluding hydrogens is 440 g/mol. The lowest BCUT2D eigenvalue weighted by Gasteiger charge is -2.42. The molecule has 6 rings (SSSR count). The molecule has 4 heterocycles. The molecule has 1 saturated heterocycles. The molecule has 0 atom stereocenters. The summed E-state index contributed by atoms with van der Waals surface area (Å²) in [6.07, 6.45) is 5.30. The third-order valence-electron chi connectivity index (χ3n) is 7.92. The maximum atomic E-state index is 12.4. The number of nitrogens with one attached hydrogen (secondary N) is 1. The summed E-state index contributed by atoms with van der Waals surface area (Å²) in [5, 5.41) is 0. The Kier molecular flexibility index (Phi) is 5.33. The van der Waals surface area contributed by atoms with Gasteiger partial charge in [0.2, 0.25) is 0 Å². The largest absolute Gasteiger partial charge is 0.364 e. The number of para-hydroxylation sites is 2. The minimum absolute atomic E-state index is 0.0454. The van der Waals surface area contributed by atoms with E-state index >= 15 is 0 Å². The van der Waals surface area contributed by atoms with Gasteiger partial charge in [0.1, 0.15) is 11.5 Å². The molecule has 2 aliphatic heterocycles. The zero-order valence-corrected chi connectivity index (χ0v) is 19.7. The number of piperidine rings is 1. The first-order valence-electron chi connectivity index (χ1n) is 12.4. The number of amides is 1. The van der Waals surface area contributed by atoms with Crippen LogP contribution in [0.5, 0.6) is 0 Å². The molecule has 0 radical (unpaired) electrons. The number of imidazole rings is 2.